The van der Waals surface area contributed by atoms with Crippen molar-refractivity contribution >= 4 is 29.1 Å². The highest BCUT2D eigenvalue weighted by Gasteiger charge is 2.42. The molecule has 0 bridgehead atoms. The van der Waals surface area contributed by atoms with Crippen LogP contribution in [0.1, 0.15) is 97.2 Å². The number of thiazole rings is 1. The number of benzene rings is 1. The molecule has 1 aromatic carbocycles. The molecule has 48 heavy (non-hydrogen) atoms. The maximum Gasteiger partial charge on any atom is 0.236 e. The monoisotopic (exact) mass is 689 g/mol. The fourth-order valence-electron chi connectivity index (χ4n) is 6.23. The number of carbonyl (C=O) groups excluding carboxylic acids is 3. The van der Waals surface area contributed by atoms with E-state index in [1.807, 2.05) is 61.4 Å². The first kappa shape index (κ1) is 43.2. The molecule has 1 saturated heterocycles. The Kier molecular flexibility index (Phi) is 21.1. The second-order valence-electron chi connectivity index (χ2n) is 12.2. The second-order valence-corrected chi connectivity index (χ2v) is 13.1. The van der Waals surface area contributed by atoms with Gasteiger partial charge in [-0.3, -0.25) is 14.4 Å². The van der Waals surface area contributed by atoms with E-state index in [4.69, 9.17) is 15.2 Å². The Morgan fingerprint density at radius 3 is 2.27 bits per heavy atom. The molecule has 1 aliphatic rings. The van der Waals surface area contributed by atoms with Gasteiger partial charge in [0, 0.05) is 39.4 Å². The Bertz CT molecular complexity index is 1170. The Hall–Kier alpha value is -2.86. The summed E-state index contributed by atoms with van der Waals surface area (Å²) in [5.74, 6) is -0.821. The van der Waals surface area contributed by atoms with E-state index < -0.39 is 18.1 Å². The van der Waals surface area contributed by atoms with Gasteiger partial charge in [0.15, 0.2) is 0 Å². The van der Waals surface area contributed by atoms with Gasteiger partial charge in [-0.15, -0.1) is 11.3 Å². The van der Waals surface area contributed by atoms with Crippen molar-refractivity contribution in [1.82, 2.24) is 20.1 Å². The summed E-state index contributed by atoms with van der Waals surface area (Å²) in [6.45, 7) is 14.7. The van der Waals surface area contributed by atoms with E-state index in [2.05, 4.69) is 38.0 Å². The van der Waals surface area contributed by atoms with Crippen molar-refractivity contribution < 1.29 is 23.9 Å². The summed E-state index contributed by atoms with van der Waals surface area (Å²) in [7, 11) is 4.90. The number of hydrogen-bond donors (Lipinski definition) is 2. The van der Waals surface area contributed by atoms with Crippen LogP contribution in [0.3, 0.4) is 0 Å². The minimum atomic E-state index is -0.513. The molecule has 3 N–H and O–H groups in total. The summed E-state index contributed by atoms with van der Waals surface area (Å²) in [6.07, 6.45) is 5.11. The molecule has 2 aromatic rings. The van der Waals surface area contributed by atoms with Crippen molar-refractivity contribution in [3.63, 3.8) is 0 Å². The predicted octanol–water partition coefficient (Wildman–Crippen LogP) is 5.86. The number of rotatable bonds is 16. The fraction of sp³-hybridized carbons (Fsp3) is 0.676. The number of likely N-dealkylation sites (tertiary alicyclic amines) is 1. The number of likely N-dealkylation sites (N-methyl/N-ethyl adjacent to an activating group) is 1. The zero-order valence-corrected chi connectivity index (χ0v) is 31.9. The van der Waals surface area contributed by atoms with Gasteiger partial charge in [0.1, 0.15) is 5.01 Å². The third-order valence-corrected chi connectivity index (χ3v) is 9.72. The lowest BCUT2D eigenvalue weighted by Gasteiger charge is -2.39. The van der Waals surface area contributed by atoms with Gasteiger partial charge in [-0.1, -0.05) is 91.6 Å². The Labute approximate surface area is 294 Å². The highest BCUT2D eigenvalue weighted by atomic mass is 32.1. The van der Waals surface area contributed by atoms with E-state index in [9.17, 15) is 14.4 Å². The van der Waals surface area contributed by atoms with Crippen molar-refractivity contribution in [2.75, 3.05) is 34.4 Å². The Morgan fingerprint density at radius 2 is 1.75 bits per heavy atom. The molecule has 0 radical (unpaired) electrons. The molecule has 1 aliphatic heterocycles. The lowest BCUT2D eigenvalue weighted by atomic mass is 9.90. The van der Waals surface area contributed by atoms with Gasteiger partial charge in [0.25, 0.3) is 0 Å². The largest absolute Gasteiger partial charge is 0.379 e. The summed E-state index contributed by atoms with van der Waals surface area (Å²) < 4.78 is 11.8. The highest BCUT2D eigenvalue weighted by Crippen LogP contribution is 2.30. The van der Waals surface area contributed by atoms with E-state index in [0.717, 1.165) is 29.8 Å². The highest BCUT2D eigenvalue weighted by molar-refractivity contribution is 7.09. The van der Waals surface area contributed by atoms with Crippen molar-refractivity contribution in [3.05, 3.63) is 52.5 Å². The van der Waals surface area contributed by atoms with Crippen molar-refractivity contribution in [2.45, 2.75) is 117 Å². The van der Waals surface area contributed by atoms with Gasteiger partial charge in [0.2, 0.25) is 17.7 Å². The van der Waals surface area contributed by atoms with E-state index in [0.29, 0.717) is 13.0 Å². The molecule has 0 aliphatic carbocycles. The first-order chi connectivity index (χ1) is 23.1. The second kappa shape index (κ2) is 23.5. The first-order valence-electron chi connectivity index (χ1n) is 17.6. The molecular weight excluding hydrogens is 627 g/mol. The van der Waals surface area contributed by atoms with Crippen LogP contribution >= 0.6 is 11.3 Å². The molecule has 11 heteroatoms. The lowest BCUT2D eigenvalue weighted by molar-refractivity contribution is -0.145. The number of amides is 3. The zero-order chi connectivity index (χ0) is 36.2. The number of nitrogens with two attached hydrogens (primary N) is 1. The number of aromatic nitrogens is 1. The Balaban J connectivity index is 0.00000218. The Morgan fingerprint density at radius 1 is 1.10 bits per heavy atom. The van der Waals surface area contributed by atoms with Gasteiger partial charge in [0.05, 0.1) is 49.2 Å². The molecule has 2 heterocycles. The van der Waals surface area contributed by atoms with Crippen LogP contribution in [0.4, 0.5) is 0 Å². The van der Waals surface area contributed by atoms with Gasteiger partial charge >= 0.3 is 0 Å². The maximum absolute atomic E-state index is 13.8. The maximum atomic E-state index is 13.8. The molecule has 0 saturated carbocycles. The summed E-state index contributed by atoms with van der Waals surface area (Å²) in [4.78, 5) is 47.9. The van der Waals surface area contributed by atoms with Crippen molar-refractivity contribution in [1.29, 1.82) is 0 Å². The third-order valence-electron chi connectivity index (χ3n) is 8.83. The van der Waals surface area contributed by atoms with E-state index >= 15 is 0 Å². The van der Waals surface area contributed by atoms with E-state index in [-0.39, 0.29) is 54.7 Å². The van der Waals surface area contributed by atoms with Crippen LogP contribution in [0.5, 0.6) is 0 Å². The van der Waals surface area contributed by atoms with E-state index in [1.165, 1.54) is 17.8 Å². The molecule has 3 amide bonds. The summed E-state index contributed by atoms with van der Waals surface area (Å²) >= 11 is 1.51. The van der Waals surface area contributed by atoms with Crippen LogP contribution in [-0.4, -0.2) is 91.2 Å². The molecule has 1 fully saturated rings. The predicted molar refractivity (Wildman–Crippen MR) is 196 cm³/mol. The molecule has 0 spiro atoms. The van der Waals surface area contributed by atoms with Crippen LogP contribution < -0.4 is 11.1 Å². The minimum absolute atomic E-state index is 0.0735. The number of hydrogen-bond acceptors (Lipinski definition) is 8. The van der Waals surface area contributed by atoms with Gasteiger partial charge in [-0.2, -0.15) is 0 Å². The van der Waals surface area contributed by atoms with Gasteiger partial charge in [-0.25, -0.2) is 4.98 Å². The number of nitrogens with one attached hydrogen (secondary N) is 1. The van der Waals surface area contributed by atoms with Crippen LogP contribution in [0.2, 0.25) is 0 Å². The van der Waals surface area contributed by atoms with Crippen molar-refractivity contribution in [3.8, 4) is 0 Å². The molecule has 7 atom stereocenters. The number of methoxy groups -OCH3 is 2. The topological polar surface area (TPSA) is 127 Å². The summed E-state index contributed by atoms with van der Waals surface area (Å²) in [5.41, 5.74) is 6.76. The van der Waals surface area contributed by atoms with Crippen LogP contribution in [0, 0.1) is 11.8 Å². The molecule has 1 aromatic heterocycles. The molecular formula is C37H63N5O5S. The van der Waals surface area contributed by atoms with Gasteiger partial charge in [-0.05, 0) is 30.7 Å². The minimum Gasteiger partial charge on any atom is -0.379 e. The van der Waals surface area contributed by atoms with Crippen LogP contribution in [0.15, 0.2) is 41.9 Å². The number of ether oxygens (including phenoxy) is 2. The quantitative estimate of drug-likeness (QED) is 0.226. The SMILES string of the molecule is CC.CCC.CCC(C)C(C(CC(=O)N1CCCC1C(OC)C(C)C(=O)NC(Cc1ccccc1)c1nccs1)OC)N(C)C(=O)CN. The average molecular weight is 690 g/mol. The zero-order valence-electron chi connectivity index (χ0n) is 31.1. The normalized spacial score (nSPS) is 17.7. The fourth-order valence-corrected chi connectivity index (χ4v) is 6.92. The number of carbonyl (C=O) groups is 3. The van der Waals surface area contributed by atoms with Crippen LogP contribution in [0.25, 0.3) is 0 Å². The first-order valence-corrected chi connectivity index (χ1v) is 18.5. The van der Waals surface area contributed by atoms with E-state index in [1.54, 1.807) is 32.4 Å². The molecule has 10 nitrogen and oxygen atoms in total. The van der Waals surface area contributed by atoms with Crippen molar-refractivity contribution in [2.24, 2.45) is 17.6 Å². The molecule has 7 unspecified atom stereocenters. The summed E-state index contributed by atoms with van der Waals surface area (Å²) in [6, 6.07) is 9.19. The molecule has 272 valence electrons. The lowest BCUT2D eigenvalue weighted by Crippen LogP contribution is -2.54. The number of nitrogens with zero attached hydrogens (tertiary/aromatic N) is 3. The average Bonchev–Trinajstić information content (AvgIpc) is 3.82. The van der Waals surface area contributed by atoms with Gasteiger partial charge < -0.3 is 30.3 Å². The third kappa shape index (κ3) is 12.5. The standard InChI is InChI=1S/C32H49N5O5S.C3H8.C2H6/c1-7-21(2)29(36(4)28(39)20-33)26(41-5)19-27(38)37-16-11-14-25(37)30(42-6)22(3)31(40)35-24(32-34-15-17-43-32)18-23-12-9-8-10-13-23;1-3-2;1-2/h8-10,12-13,15,17,21-22,24-26,29-30H,7,11,14,16,18-20,33H2,1-6H3,(H,35,40);3H2,1-2H3;1-2H3. The molecule has 3 rings (SSSR count). The van der Waals surface area contributed by atoms with Crippen LogP contribution in [-0.2, 0) is 30.3 Å². The smallest absolute Gasteiger partial charge is 0.236 e. The summed E-state index contributed by atoms with van der Waals surface area (Å²) in [5, 5.41) is 5.96.